The molecule has 1 amide bonds. The molecule has 2 aromatic carbocycles. The number of carbonyl (C=O) groups excluding carboxylic acids is 3. The molecular weight excluding hydrogens is 536 g/mol. The van der Waals surface area contributed by atoms with Gasteiger partial charge in [0.2, 0.25) is 5.95 Å². The van der Waals surface area contributed by atoms with E-state index in [-0.39, 0.29) is 11.7 Å². The van der Waals surface area contributed by atoms with Gasteiger partial charge in [0.25, 0.3) is 0 Å². The van der Waals surface area contributed by atoms with E-state index in [2.05, 4.69) is 39.8 Å². The molecule has 0 bridgehead atoms. The van der Waals surface area contributed by atoms with E-state index in [0.717, 1.165) is 16.8 Å². The molecule has 0 unspecified atom stereocenters. The first-order valence-corrected chi connectivity index (χ1v) is 13.7. The number of methoxy groups -OCH3 is 1. The molecule has 0 saturated heterocycles. The SMILES string of the molecule is CNC(C)C.COC(=O)c1cccc(Nc2nc(Nc3ccc4c(c3)CCN(C(=O)OC(C)(C)C)C4)ncc2C=O)c1. The summed E-state index contributed by atoms with van der Waals surface area (Å²) >= 11 is 0. The lowest BCUT2D eigenvalue weighted by molar-refractivity contribution is 0.0223. The minimum atomic E-state index is -0.539. The first-order chi connectivity index (χ1) is 19.9. The van der Waals surface area contributed by atoms with Crippen LogP contribution >= 0.6 is 0 Å². The lowest BCUT2D eigenvalue weighted by atomic mass is 9.99. The van der Waals surface area contributed by atoms with Crippen LogP contribution in [0.5, 0.6) is 0 Å². The zero-order chi connectivity index (χ0) is 30.9. The highest BCUT2D eigenvalue weighted by atomic mass is 16.6. The van der Waals surface area contributed by atoms with Crippen LogP contribution in [-0.4, -0.2) is 65.6 Å². The zero-order valence-electron chi connectivity index (χ0n) is 25.3. The third kappa shape index (κ3) is 9.27. The van der Waals surface area contributed by atoms with Gasteiger partial charge in [-0.15, -0.1) is 0 Å². The summed E-state index contributed by atoms with van der Waals surface area (Å²) in [6.45, 7) is 10.8. The number of fused-ring (bicyclic) bond motifs is 1. The van der Waals surface area contributed by atoms with Crippen LogP contribution in [0, 0.1) is 0 Å². The van der Waals surface area contributed by atoms with Crippen molar-refractivity contribution in [3.8, 4) is 0 Å². The number of hydrogen-bond acceptors (Lipinski definition) is 10. The lowest BCUT2D eigenvalue weighted by Crippen LogP contribution is -2.39. The van der Waals surface area contributed by atoms with Gasteiger partial charge < -0.3 is 30.3 Å². The number of hydrogen-bond donors (Lipinski definition) is 3. The summed E-state index contributed by atoms with van der Waals surface area (Å²) in [5.41, 5.74) is 3.61. The second-order valence-corrected chi connectivity index (χ2v) is 11.0. The molecule has 1 aromatic heterocycles. The quantitative estimate of drug-likeness (QED) is 0.245. The number of rotatable bonds is 7. The number of esters is 1. The van der Waals surface area contributed by atoms with Crippen molar-refractivity contribution in [3.05, 3.63) is 70.9 Å². The fourth-order valence-corrected chi connectivity index (χ4v) is 3.86. The second kappa shape index (κ2) is 14.4. The summed E-state index contributed by atoms with van der Waals surface area (Å²) < 4.78 is 10.3. The van der Waals surface area contributed by atoms with E-state index in [0.29, 0.717) is 54.9 Å². The first-order valence-electron chi connectivity index (χ1n) is 13.7. The van der Waals surface area contributed by atoms with Crippen LogP contribution in [0.25, 0.3) is 0 Å². The molecule has 224 valence electrons. The number of aromatic nitrogens is 2. The molecule has 0 spiro atoms. The average Bonchev–Trinajstić information content (AvgIpc) is 2.96. The number of carbonyl (C=O) groups is 3. The van der Waals surface area contributed by atoms with E-state index in [9.17, 15) is 14.4 Å². The molecule has 3 aromatic rings. The van der Waals surface area contributed by atoms with Gasteiger partial charge in [0, 0.05) is 36.7 Å². The second-order valence-electron chi connectivity index (χ2n) is 11.0. The number of amides is 1. The van der Waals surface area contributed by atoms with Crippen LogP contribution < -0.4 is 16.0 Å². The lowest BCUT2D eigenvalue weighted by Gasteiger charge is -2.31. The van der Waals surface area contributed by atoms with Gasteiger partial charge in [-0.1, -0.05) is 26.0 Å². The predicted octanol–water partition coefficient (Wildman–Crippen LogP) is 5.47. The number of aldehydes is 1. The third-order valence-electron chi connectivity index (χ3n) is 6.19. The van der Waals surface area contributed by atoms with Crippen LogP contribution in [0.15, 0.2) is 48.7 Å². The van der Waals surface area contributed by atoms with Gasteiger partial charge in [0.1, 0.15) is 11.4 Å². The Morgan fingerprint density at radius 1 is 1.05 bits per heavy atom. The molecule has 0 aliphatic carbocycles. The Morgan fingerprint density at radius 3 is 2.40 bits per heavy atom. The van der Waals surface area contributed by atoms with Crippen LogP contribution in [0.3, 0.4) is 0 Å². The minimum Gasteiger partial charge on any atom is -0.465 e. The van der Waals surface area contributed by atoms with Gasteiger partial charge in [-0.3, -0.25) is 4.79 Å². The van der Waals surface area contributed by atoms with Crippen molar-refractivity contribution in [1.29, 1.82) is 0 Å². The Balaban J connectivity index is 0.000000892. The molecule has 0 saturated carbocycles. The largest absolute Gasteiger partial charge is 0.465 e. The Bertz CT molecular complexity index is 1400. The van der Waals surface area contributed by atoms with E-state index in [4.69, 9.17) is 9.47 Å². The van der Waals surface area contributed by atoms with Crippen molar-refractivity contribution >= 4 is 41.5 Å². The van der Waals surface area contributed by atoms with Crippen LogP contribution in [0.2, 0.25) is 0 Å². The van der Waals surface area contributed by atoms with Gasteiger partial charge >= 0.3 is 12.1 Å². The smallest absolute Gasteiger partial charge is 0.410 e. The summed E-state index contributed by atoms with van der Waals surface area (Å²) in [5, 5.41) is 9.28. The average molecular weight is 577 g/mol. The Labute approximate surface area is 247 Å². The van der Waals surface area contributed by atoms with Crippen LogP contribution in [0.1, 0.15) is 66.5 Å². The third-order valence-corrected chi connectivity index (χ3v) is 6.19. The van der Waals surface area contributed by atoms with E-state index in [1.807, 2.05) is 46.0 Å². The molecule has 4 rings (SSSR count). The summed E-state index contributed by atoms with van der Waals surface area (Å²) in [4.78, 5) is 46.3. The molecule has 11 nitrogen and oxygen atoms in total. The van der Waals surface area contributed by atoms with Crippen molar-refractivity contribution in [2.75, 3.05) is 31.3 Å². The van der Waals surface area contributed by atoms with Crippen LogP contribution in [0.4, 0.5) is 27.9 Å². The molecule has 0 atom stereocenters. The molecule has 11 heteroatoms. The van der Waals surface area contributed by atoms with E-state index >= 15 is 0 Å². The van der Waals surface area contributed by atoms with E-state index in [1.54, 1.807) is 29.2 Å². The maximum atomic E-state index is 12.4. The topological polar surface area (TPSA) is 135 Å². The zero-order valence-corrected chi connectivity index (χ0v) is 25.3. The number of ether oxygens (including phenoxy) is 2. The molecular formula is C31H40N6O5. The molecule has 42 heavy (non-hydrogen) atoms. The molecule has 3 N–H and O–H groups in total. The normalized spacial score (nSPS) is 12.4. The van der Waals surface area contributed by atoms with Crippen molar-refractivity contribution in [2.24, 2.45) is 0 Å². The highest BCUT2D eigenvalue weighted by Gasteiger charge is 2.25. The predicted molar refractivity (Wildman–Crippen MR) is 163 cm³/mol. The van der Waals surface area contributed by atoms with Gasteiger partial charge in [-0.2, -0.15) is 4.98 Å². The Morgan fingerprint density at radius 2 is 1.76 bits per heavy atom. The molecule has 1 aliphatic rings. The molecule has 2 heterocycles. The Kier molecular flexibility index (Phi) is 11.0. The summed E-state index contributed by atoms with van der Waals surface area (Å²) in [7, 11) is 3.26. The number of benzene rings is 2. The number of nitrogens with one attached hydrogen (secondary N) is 3. The fraction of sp³-hybridized carbons (Fsp3) is 0.387. The van der Waals surface area contributed by atoms with E-state index in [1.165, 1.54) is 13.3 Å². The van der Waals surface area contributed by atoms with Gasteiger partial charge in [-0.05, 0) is 75.7 Å². The number of nitrogens with zero attached hydrogens (tertiary/aromatic N) is 3. The summed E-state index contributed by atoms with van der Waals surface area (Å²) in [6.07, 6.45) is 2.46. The Hall–Kier alpha value is -4.51. The number of anilines is 4. The molecule has 1 aliphatic heterocycles. The van der Waals surface area contributed by atoms with Crippen LogP contribution in [-0.2, 0) is 22.4 Å². The van der Waals surface area contributed by atoms with E-state index < -0.39 is 11.6 Å². The molecule has 0 radical (unpaired) electrons. The molecule has 0 fully saturated rings. The minimum absolute atomic E-state index is 0.265. The highest BCUT2D eigenvalue weighted by Crippen LogP contribution is 2.26. The standard InChI is InChI=1S/C27H29N5O5.C4H11N/c1-27(2,3)37-26(35)32-11-10-17-12-22(9-8-19(17)15-32)30-25-28-14-20(16-33)23(31-25)29-21-7-5-6-18(13-21)24(34)36-4;1-4(2)5-3/h5-9,12-14,16H,10-11,15H2,1-4H3,(H2,28,29,30,31);4-5H,1-3H3. The maximum Gasteiger partial charge on any atom is 0.410 e. The van der Waals surface area contributed by atoms with Crippen molar-refractivity contribution < 1.29 is 23.9 Å². The maximum absolute atomic E-state index is 12.4. The van der Waals surface area contributed by atoms with Crippen molar-refractivity contribution in [3.63, 3.8) is 0 Å². The van der Waals surface area contributed by atoms with Crippen molar-refractivity contribution in [2.45, 2.75) is 59.2 Å². The van der Waals surface area contributed by atoms with Crippen molar-refractivity contribution in [1.82, 2.24) is 20.2 Å². The monoisotopic (exact) mass is 576 g/mol. The fourth-order valence-electron chi connectivity index (χ4n) is 3.86. The summed E-state index contributed by atoms with van der Waals surface area (Å²) in [6, 6.07) is 13.2. The highest BCUT2D eigenvalue weighted by molar-refractivity contribution is 5.91. The summed E-state index contributed by atoms with van der Waals surface area (Å²) in [5.74, 6) is 0.120. The van der Waals surface area contributed by atoms with Gasteiger partial charge in [0.15, 0.2) is 6.29 Å². The van der Waals surface area contributed by atoms with Gasteiger partial charge in [-0.25, -0.2) is 14.6 Å². The first kappa shape index (κ1) is 32.0. The van der Waals surface area contributed by atoms with Gasteiger partial charge in [0.05, 0.1) is 18.2 Å².